The Hall–Kier alpha value is -0.472. The van der Waals surface area contributed by atoms with E-state index in [2.05, 4.69) is 14.2 Å². The molecule has 3 atom stereocenters. The summed E-state index contributed by atoms with van der Waals surface area (Å²) in [6, 6.07) is 0. The van der Waals surface area contributed by atoms with Crippen molar-refractivity contribution in [3.63, 3.8) is 0 Å². The van der Waals surface area contributed by atoms with Crippen LogP contribution in [0.25, 0.3) is 0 Å². The summed E-state index contributed by atoms with van der Waals surface area (Å²) in [6.07, 6.45) is -2.49. The maximum absolute atomic E-state index is 11.8. The van der Waals surface area contributed by atoms with Crippen LogP contribution >= 0.6 is 0 Å². The normalized spacial score (nSPS) is 12.5. The van der Waals surface area contributed by atoms with Crippen molar-refractivity contribution in [2.24, 2.45) is 0 Å². The van der Waals surface area contributed by atoms with Crippen LogP contribution in [0.1, 0.15) is 68.7 Å². The van der Waals surface area contributed by atoms with Crippen LogP contribution in [0.2, 0.25) is 0 Å². The van der Waals surface area contributed by atoms with Crippen molar-refractivity contribution in [1.82, 2.24) is 0 Å². The van der Waals surface area contributed by atoms with E-state index >= 15 is 0 Å². The fraction of sp³-hybridized carbons (Fsp3) is 0.846. The molecule has 16 heteroatoms. The molecule has 0 rings (SSSR count). The zero-order valence-electron chi connectivity index (χ0n) is 25.6. The van der Waals surface area contributed by atoms with Gasteiger partial charge in [0.15, 0.2) is 11.2 Å². The summed E-state index contributed by atoms with van der Waals surface area (Å²) in [5, 5.41) is 18.6. The number of carbonyl (C=O) groups excluding carboxylic acids is 4. The predicted octanol–water partition coefficient (Wildman–Crippen LogP) is 2.78. The zero-order chi connectivity index (χ0) is 30.6. The average molecular weight is 764 g/mol. The topological polar surface area (TPSA) is 183 Å². The number of methoxy groups -OCH3 is 2. The molecule has 0 aromatic rings. The number of hydrogen-bond donors (Lipinski definition) is 2. The Morgan fingerprint density at radius 3 is 1.48 bits per heavy atom. The number of esters is 2. The fourth-order valence-corrected chi connectivity index (χ4v) is 2.30. The number of hydrogen-bond acceptors (Lipinski definition) is 14. The summed E-state index contributed by atoms with van der Waals surface area (Å²) in [6.45, 7) is 11.2. The second kappa shape index (κ2) is 28.0. The molecule has 0 bridgehead atoms. The van der Waals surface area contributed by atoms with Gasteiger partial charge in [0.1, 0.15) is 26.4 Å². The van der Waals surface area contributed by atoms with E-state index in [0.717, 1.165) is 0 Å². The van der Waals surface area contributed by atoms with Crippen LogP contribution in [0, 0.1) is 0 Å². The van der Waals surface area contributed by atoms with Gasteiger partial charge >= 0.3 is 24.2 Å². The van der Waals surface area contributed by atoms with Crippen LogP contribution in [0.4, 0.5) is 9.59 Å². The standard InChI is InChI=1S/C13H24O7.C12H22O7.CH4.2Y/c1-6-10(14)8-18-11(15)13(3,4)20-9(2)7-19-12(16)17-5;1-5-9(13)8-18-10(14)12(2,3)19-7-6-17-11(15)16-4;;;/h9-10,14H,6-8H2,1-5H3;9,13H,5-8H2,1-4H3;1H4;;. The Morgan fingerprint density at radius 2 is 1.07 bits per heavy atom. The Labute approximate surface area is 300 Å². The van der Waals surface area contributed by atoms with Gasteiger partial charge in [-0.1, -0.05) is 21.3 Å². The summed E-state index contributed by atoms with van der Waals surface area (Å²) >= 11 is 0. The first-order chi connectivity index (χ1) is 18.1. The zero-order valence-corrected chi connectivity index (χ0v) is 31.3. The Kier molecular flexibility index (Phi) is 34.1. The van der Waals surface area contributed by atoms with Gasteiger partial charge in [-0.15, -0.1) is 0 Å². The smallest absolute Gasteiger partial charge is 0.461 e. The minimum atomic E-state index is -1.20. The number of aliphatic hydroxyl groups excluding tert-OH is 2. The molecule has 42 heavy (non-hydrogen) atoms. The van der Waals surface area contributed by atoms with Gasteiger partial charge in [0, 0.05) is 65.4 Å². The van der Waals surface area contributed by atoms with E-state index in [4.69, 9.17) is 23.7 Å². The Balaban J connectivity index is -0.000000203. The van der Waals surface area contributed by atoms with E-state index in [-0.39, 0.29) is 106 Å². The fourth-order valence-electron chi connectivity index (χ4n) is 2.30. The summed E-state index contributed by atoms with van der Waals surface area (Å²) < 4.78 is 38.5. The van der Waals surface area contributed by atoms with Crippen molar-refractivity contribution in [3.05, 3.63) is 0 Å². The van der Waals surface area contributed by atoms with Gasteiger partial charge < -0.3 is 48.1 Å². The molecule has 0 aromatic heterocycles. The molecule has 0 aliphatic carbocycles. The number of aliphatic hydroxyl groups is 2. The summed E-state index contributed by atoms with van der Waals surface area (Å²) in [4.78, 5) is 45.0. The molecular formula is C26H50O14Y2. The predicted molar refractivity (Wildman–Crippen MR) is 143 cm³/mol. The van der Waals surface area contributed by atoms with Crippen molar-refractivity contribution >= 4 is 24.2 Å². The van der Waals surface area contributed by atoms with E-state index < -0.39 is 53.8 Å². The van der Waals surface area contributed by atoms with E-state index in [1.165, 1.54) is 28.1 Å². The maximum atomic E-state index is 11.8. The summed E-state index contributed by atoms with van der Waals surface area (Å²) in [7, 11) is 2.40. The van der Waals surface area contributed by atoms with Gasteiger partial charge in [0.25, 0.3) is 0 Å². The second-order valence-electron chi connectivity index (χ2n) is 9.19. The minimum Gasteiger partial charge on any atom is -0.461 e. The largest absolute Gasteiger partial charge is 0.508 e. The van der Waals surface area contributed by atoms with Crippen LogP contribution in [-0.4, -0.2) is 111 Å². The third kappa shape index (κ3) is 26.0. The SMILES string of the molecule is C.CCC(O)COC(=O)C(C)(C)OC(C)COC(=O)OC.CCC(O)COC(=O)C(C)(C)OCCOC(=O)OC.[Y].[Y]. The molecular weight excluding hydrogens is 714 g/mol. The molecule has 14 nitrogen and oxygen atoms in total. The summed E-state index contributed by atoms with van der Waals surface area (Å²) in [5.41, 5.74) is -2.38. The monoisotopic (exact) mass is 764 g/mol. The molecule has 3 unspecified atom stereocenters. The maximum Gasteiger partial charge on any atom is 0.508 e. The second-order valence-corrected chi connectivity index (χ2v) is 9.19. The van der Waals surface area contributed by atoms with Crippen molar-refractivity contribution in [3.8, 4) is 0 Å². The molecule has 0 aliphatic rings. The molecule has 2 radical (unpaired) electrons. The number of rotatable bonds is 16. The molecule has 0 saturated heterocycles. The Morgan fingerprint density at radius 1 is 0.667 bits per heavy atom. The summed E-state index contributed by atoms with van der Waals surface area (Å²) in [5.74, 6) is -1.17. The first-order valence-electron chi connectivity index (χ1n) is 12.5. The first kappa shape index (κ1) is 51.1. The molecule has 0 spiro atoms. The van der Waals surface area contributed by atoms with Gasteiger partial charge in [0.2, 0.25) is 0 Å². The van der Waals surface area contributed by atoms with Crippen molar-refractivity contribution in [1.29, 1.82) is 0 Å². The van der Waals surface area contributed by atoms with Gasteiger partial charge in [0.05, 0.1) is 39.1 Å². The molecule has 0 heterocycles. The average Bonchev–Trinajstić information content (AvgIpc) is 2.90. The molecule has 2 N–H and O–H groups in total. The molecule has 0 aliphatic heterocycles. The van der Waals surface area contributed by atoms with E-state index in [0.29, 0.717) is 12.8 Å². The van der Waals surface area contributed by atoms with Crippen LogP contribution < -0.4 is 0 Å². The van der Waals surface area contributed by atoms with E-state index in [1.807, 2.05) is 0 Å². The molecule has 0 saturated carbocycles. The number of ether oxygens (including phenoxy) is 8. The van der Waals surface area contributed by atoms with Crippen molar-refractivity contribution in [2.75, 3.05) is 47.3 Å². The molecule has 0 amide bonds. The van der Waals surface area contributed by atoms with Gasteiger partial charge in [-0.25, -0.2) is 19.2 Å². The minimum absolute atomic E-state index is 0. The van der Waals surface area contributed by atoms with Crippen LogP contribution in [0.15, 0.2) is 0 Å². The molecule has 0 aromatic carbocycles. The molecule has 0 fully saturated rings. The van der Waals surface area contributed by atoms with Gasteiger partial charge in [-0.05, 0) is 47.5 Å². The van der Waals surface area contributed by atoms with Gasteiger partial charge in [-0.3, -0.25) is 0 Å². The first-order valence-corrected chi connectivity index (χ1v) is 12.5. The van der Waals surface area contributed by atoms with Crippen LogP contribution in [-0.2, 0) is 113 Å². The van der Waals surface area contributed by atoms with Crippen molar-refractivity contribution in [2.45, 2.75) is 98.2 Å². The van der Waals surface area contributed by atoms with E-state index in [1.54, 1.807) is 34.6 Å². The van der Waals surface area contributed by atoms with Crippen LogP contribution in [0.3, 0.4) is 0 Å². The molecule has 244 valence electrons. The Bertz CT molecular complexity index is 734. The third-order valence-corrected chi connectivity index (χ3v) is 4.77. The van der Waals surface area contributed by atoms with Crippen LogP contribution in [0.5, 0.6) is 0 Å². The van der Waals surface area contributed by atoms with Crippen molar-refractivity contribution < 1.29 is 133 Å². The third-order valence-electron chi connectivity index (χ3n) is 4.77. The quantitative estimate of drug-likeness (QED) is 0.133. The van der Waals surface area contributed by atoms with Gasteiger partial charge in [-0.2, -0.15) is 0 Å². The van der Waals surface area contributed by atoms with E-state index in [9.17, 15) is 29.4 Å². The number of carbonyl (C=O) groups is 4.